The Kier molecular flexibility index (Phi) is 3.47. The normalized spacial score (nSPS) is 10.6. The van der Waals surface area contributed by atoms with Gasteiger partial charge < -0.3 is 9.30 Å². The van der Waals surface area contributed by atoms with Crippen molar-refractivity contribution in [2.75, 3.05) is 12.5 Å². The number of halogens is 1. The van der Waals surface area contributed by atoms with Crippen molar-refractivity contribution < 1.29 is 9.53 Å². The van der Waals surface area contributed by atoms with Crippen LogP contribution in [-0.2, 0) is 16.1 Å². The van der Waals surface area contributed by atoms with Gasteiger partial charge in [-0.1, -0.05) is 18.2 Å². The average Bonchev–Trinajstić information content (AvgIpc) is 2.70. The van der Waals surface area contributed by atoms with Crippen molar-refractivity contribution in [1.82, 2.24) is 4.57 Å². The van der Waals surface area contributed by atoms with E-state index in [1.54, 1.807) is 0 Å². The molecule has 1 aromatic carbocycles. The molecule has 0 aliphatic rings. The minimum atomic E-state index is -0.262. The summed E-state index contributed by atoms with van der Waals surface area (Å²) in [6.45, 7) is 0.490. The molecule has 0 amide bonds. The molecule has 2 rings (SSSR count). The van der Waals surface area contributed by atoms with Gasteiger partial charge in [0.05, 0.1) is 5.88 Å². The van der Waals surface area contributed by atoms with Crippen LogP contribution in [0, 0.1) is 0 Å². The number of nitrogens with zero attached hydrogens (tertiary/aromatic N) is 1. The van der Waals surface area contributed by atoms with Gasteiger partial charge in [-0.15, -0.1) is 11.6 Å². The molecule has 4 heteroatoms. The maximum absolute atomic E-state index is 11.4. The Bertz CT molecular complexity index is 492. The second kappa shape index (κ2) is 5.03. The number of benzene rings is 1. The van der Waals surface area contributed by atoms with Gasteiger partial charge in [0, 0.05) is 11.7 Å². The quantitative estimate of drug-likeness (QED) is 0.604. The van der Waals surface area contributed by atoms with E-state index >= 15 is 0 Å². The topological polar surface area (TPSA) is 31.2 Å². The van der Waals surface area contributed by atoms with Gasteiger partial charge in [-0.3, -0.25) is 4.79 Å². The third kappa shape index (κ3) is 2.36. The summed E-state index contributed by atoms with van der Waals surface area (Å²) in [5.74, 6) is 0.0695. The van der Waals surface area contributed by atoms with Crippen LogP contribution in [0.15, 0.2) is 36.5 Å². The van der Waals surface area contributed by atoms with Gasteiger partial charge >= 0.3 is 5.97 Å². The predicted octanol–water partition coefficient (Wildman–Crippen LogP) is 2.42. The molecule has 0 aliphatic heterocycles. The van der Waals surface area contributed by atoms with Crippen LogP contribution in [0.3, 0.4) is 0 Å². The number of hydrogen-bond acceptors (Lipinski definition) is 2. The van der Waals surface area contributed by atoms with Crippen LogP contribution in [0.5, 0.6) is 0 Å². The molecule has 0 fully saturated rings. The lowest BCUT2D eigenvalue weighted by atomic mass is 10.2. The predicted molar refractivity (Wildman–Crippen MR) is 63.6 cm³/mol. The van der Waals surface area contributed by atoms with Crippen molar-refractivity contribution in [3.63, 3.8) is 0 Å². The summed E-state index contributed by atoms with van der Waals surface area (Å²) < 4.78 is 6.79. The fourth-order valence-corrected chi connectivity index (χ4v) is 1.69. The molecular formula is C12H12ClNO2. The van der Waals surface area contributed by atoms with Crippen molar-refractivity contribution in [2.24, 2.45) is 0 Å². The smallest absolute Gasteiger partial charge is 0.325 e. The SMILES string of the molecule is O=C(Cn1ccc2ccccc21)OCCCl. The number of alkyl halides is 1. The Labute approximate surface area is 98.6 Å². The van der Waals surface area contributed by atoms with Crippen molar-refractivity contribution >= 4 is 28.5 Å². The highest BCUT2D eigenvalue weighted by Crippen LogP contribution is 2.14. The van der Waals surface area contributed by atoms with Gasteiger partial charge in [0.1, 0.15) is 13.2 Å². The molecule has 1 heterocycles. The summed E-state index contributed by atoms with van der Waals surface area (Å²) in [5.41, 5.74) is 1.03. The van der Waals surface area contributed by atoms with E-state index in [1.807, 2.05) is 41.1 Å². The Morgan fingerprint density at radius 3 is 2.94 bits per heavy atom. The van der Waals surface area contributed by atoms with E-state index in [2.05, 4.69) is 0 Å². The summed E-state index contributed by atoms with van der Waals surface area (Å²) >= 11 is 5.44. The number of para-hydroxylation sites is 1. The highest BCUT2D eigenvalue weighted by molar-refractivity contribution is 6.18. The number of carbonyl (C=O) groups is 1. The highest BCUT2D eigenvalue weighted by Gasteiger charge is 2.06. The standard InChI is InChI=1S/C12H12ClNO2/c13-6-8-16-12(15)9-14-7-5-10-3-1-2-4-11(10)14/h1-5,7H,6,8-9H2. The molecule has 0 saturated carbocycles. The first kappa shape index (κ1) is 11.0. The molecule has 0 radical (unpaired) electrons. The number of fused-ring (bicyclic) bond motifs is 1. The zero-order chi connectivity index (χ0) is 11.4. The molecule has 16 heavy (non-hydrogen) atoms. The van der Waals surface area contributed by atoms with E-state index < -0.39 is 0 Å². The Morgan fingerprint density at radius 2 is 2.12 bits per heavy atom. The second-order valence-corrected chi connectivity index (χ2v) is 3.79. The fourth-order valence-electron chi connectivity index (χ4n) is 1.62. The van der Waals surface area contributed by atoms with E-state index in [-0.39, 0.29) is 19.1 Å². The van der Waals surface area contributed by atoms with E-state index in [9.17, 15) is 4.79 Å². The first-order valence-electron chi connectivity index (χ1n) is 5.07. The zero-order valence-corrected chi connectivity index (χ0v) is 9.48. The van der Waals surface area contributed by atoms with Gasteiger partial charge in [-0.05, 0) is 17.5 Å². The molecule has 0 atom stereocenters. The molecule has 0 aliphatic carbocycles. The van der Waals surface area contributed by atoms with Crippen LogP contribution in [-0.4, -0.2) is 23.0 Å². The van der Waals surface area contributed by atoms with E-state index in [4.69, 9.17) is 16.3 Å². The average molecular weight is 238 g/mol. The number of aromatic nitrogens is 1. The first-order chi connectivity index (χ1) is 7.81. The van der Waals surface area contributed by atoms with E-state index in [0.29, 0.717) is 5.88 Å². The van der Waals surface area contributed by atoms with Crippen molar-refractivity contribution in [3.8, 4) is 0 Å². The van der Waals surface area contributed by atoms with Crippen molar-refractivity contribution in [3.05, 3.63) is 36.5 Å². The number of esters is 1. The molecule has 84 valence electrons. The lowest BCUT2D eigenvalue weighted by molar-refractivity contribution is -0.143. The van der Waals surface area contributed by atoms with Gasteiger partial charge in [0.2, 0.25) is 0 Å². The van der Waals surface area contributed by atoms with Crippen molar-refractivity contribution in [2.45, 2.75) is 6.54 Å². The summed E-state index contributed by atoms with van der Waals surface area (Å²) in [7, 11) is 0. The van der Waals surface area contributed by atoms with Crippen LogP contribution in [0.25, 0.3) is 10.9 Å². The minimum Gasteiger partial charge on any atom is -0.463 e. The Balaban J connectivity index is 2.12. The number of ether oxygens (including phenoxy) is 1. The number of rotatable bonds is 4. The number of hydrogen-bond donors (Lipinski definition) is 0. The summed E-state index contributed by atoms with van der Waals surface area (Å²) in [4.78, 5) is 11.4. The minimum absolute atomic E-state index is 0.227. The molecule has 2 aromatic rings. The number of carbonyl (C=O) groups excluding carboxylic acids is 1. The molecule has 0 saturated heterocycles. The summed E-state index contributed by atoms with van der Waals surface area (Å²) in [6, 6.07) is 9.88. The highest BCUT2D eigenvalue weighted by atomic mass is 35.5. The molecule has 0 bridgehead atoms. The van der Waals surface area contributed by atoms with Gasteiger partial charge in [0.25, 0.3) is 0 Å². The largest absolute Gasteiger partial charge is 0.463 e. The monoisotopic (exact) mass is 237 g/mol. The lowest BCUT2D eigenvalue weighted by Gasteiger charge is -2.05. The summed E-state index contributed by atoms with van der Waals surface area (Å²) in [6.07, 6.45) is 1.88. The molecular weight excluding hydrogens is 226 g/mol. The van der Waals surface area contributed by atoms with E-state index in [0.717, 1.165) is 10.9 Å². The molecule has 0 N–H and O–H groups in total. The molecule has 0 spiro atoms. The Hall–Kier alpha value is -1.48. The van der Waals surface area contributed by atoms with Crippen LogP contribution in [0.2, 0.25) is 0 Å². The lowest BCUT2D eigenvalue weighted by Crippen LogP contribution is -2.13. The zero-order valence-electron chi connectivity index (χ0n) is 8.73. The first-order valence-corrected chi connectivity index (χ1v) is 5.60. The summed E-state index contributed by atoms with van der Waals surface area (Å²) in [5, 5.41) is 1.12. The van der Waals surface area contributed by atoms with E-state index in [1.165, 1.54) is 0 Å². The fraction of sp³-hybridized carbons (Fsp3) is 0.250. The molecule has 0 unspecified atom stereocenters. The second-order valence-electron chi connectivity index (χ2n) is 3.41. The van der Waals surface area contributed by atoms with Crippen LogP contribution >= 0.6 is 11.6 Å². The third-order valence-corrected chi connectivity index (χ3v) is 2.47. The van der Waals surface area contributed by atoms with Gasteiger partial charge in [0.15, 0.2) is 0 Å². The third-order valence-electron chi connectivity index (χ3n) is 2.32. The van der Waals surface area contributed by atoms with Gasteiger partial charge in [-0.25, -0.2) is 0 Å². The molecule has 1 aromatic heterocycles. The maximum atomic E-state index is 11.4. The van der Waals surface area contributed by atoms with Gasteiger partial charge in [-0.2, -0.15) is 0 Å². The maximum Gasteiger partial charge on any atom is 0.325 e. The van der Waals surface area contributed by atoms with Crippen LogP contribution in [0.4, 0.5) is 0 Å². The van der Waals surface area contributed by atoms with Crippen LogP contribution < -0.4 is 0 Å². The molecule has 3 nitrogen and oxygen atoms in total. The van der Waals surface area contributed by atoms with Crippen molar-refractivity contribution in [1.29, 1.82) is 0 Å². The van der Waals surface area contributed by atoms with Crippen LogP contribution in [0.1, 0.15) is 0 Å². The Morgan fingerprint density at radius 1 is 1.31 bits per heavy atom.